The third-order valence-corrected chi connectivity index (χ3v) is 2.20. The van der Waals surface area contributed by atoms with Crippen LogP contribution in [0.3, 0.4) is 0 Å². The summed E-state index contributed by atoms with van der Waals surface area (Å²) in [6.45, 7) is 7.08. The molecule has 1 aromatic heterocycles. The Morgan fingerprint density at radius 1 is 1.54 bits per heavy atom. The molecule has 0 amide bonds. The third kappa shape index (κ3) is 2.66. The Bertz CT molecular complexity index is 286. The molecule has 1 aromatic rings. The molecule has 0 spiro atoms. The van der Waals surface area contributed by atoms with Gasteiger partial charge in [-0.15, -0.1) is 0 Å². The zero-order valence-corrected chi connectivity index (χ0v) is 9.72. The zero-order chi connectivity index (χ0) is 9.84. The first-order valence-corrected chi connectivity index (χ1v) is 5.20. The first-order valence-electron chi connectivity index (χ1n) is 4.41. The Morgan fingerprint density at radius 2 is 2.23 bits per heavy atom. The molecule has 3 nitrogen and oxygen atoms in total. The number of halogens is 1. The Kier molecular flexibility index (Phi) is 3.66. The fraction of sp³-hybridized carbons (Fsp3) is 0.556. The lowest BCUT2D eigenvalue weighted by Gasteiger charge is -2.08. The minimum atomic E-state index is 0.366. The smallest absolute Gasteiger partial charge is 0.144 e. The second-order valence-electron chi connectivity index (χ2n) is 3.11. The van der Waals surface area contributed by atoms with E-state index in [1.165, 1.54) is 0 Å². The van der Waals surface area contributed by atoms with Gasteiger partial charge < -0.3 is 5.32 Å². The fourth-order valence-electron chi connectivity index (χ4n) is 0.950. The van der Waals surface area contributed by atoms with Crippen molar-refractivity contribution in [1.82, 2.24) is 9.97 Å². The number of anilines is 1. The maximum Gasteiger partial charge on any atom is 0.144 e. The van der Waals surface area contributed by atoms with E-state index in [9.17, 15) is 0 Å². The van der Waals surface area contributed by atoms with Gasteiger partial charge in [-0.05, 0) is 22.9 Å². The van der Waals surface area contributed by atoms with Gasteiger partial charge in [-0.3, -0.25) is 0 Å². The van der Waals surface area contributed by atoms with Crippen molar-refractivity contribution in [2.24, 2.45) is 0 Å². The van der Waals surface area contributed by atoms with E-state index in [0.29, 0.717) is 5.92 Å². The van der Waals surface area contributed by atoms with Gasteiger partial charge in [0.2, 0.25) is 0 Å². The quantitative estimate of drug-likeness (QED) is 0.888. The van der Waals surface area contributed by atoms with Crippen LogP contribution in [-0.4, -0.2) is 16.5 Å². The number of aromatic nitrogens is 2. The predicted octanol–water partition coefficient (Wildman–Crippen LogP) is 2.79. The first-order chi connectivity index (χ1) is 6.15. The average molecular weight is 244 g/mol. The summed E-state index contributed by atoms with van der Waals surface area (Å²) in [4.78, 5) is 8.62. The molecule has 0 aromatic carbocycles. The first kappa shape index (κ1) is 10.4. The molecular weight excluding hydrogens is 230 g/mol. The topological polar surface area (TPSA) is 37.8 Å². The monoisotopic (exact) mass is 243 g/mol. The van der Waals surface area contributed by atoms with Crippen molar-refractivity contribution in [2.75, 3.05) is 11.9 Å². The van der Waals surface area contributed by atoms with E-state index >= 15 is 0 Å². The summed E-state index contributed by atoms with van der Waals surface area (Å²) < 4.78 is 0.916. The molecule has 0 saturated heterocycles. The van der Waals surface area contributed by atoms with E-state index in [1.54, 1.807) is 6.20 Å². The van der Waals surface area contributed by atoms with E-state index in [0.717, 1.165) is 22.7 Å². The molecule has 0 radical (unpaired) electrons. The van der Waals surface area contributed by atoms with Gasteiger partial charge in [0, 0.05) is 18.7 Å². The van der Waals surface area contributed by atoms with Crippen LogP contribution < -0.4 is 5.32 Å². The summed E-state index contributed by atoms with van der Waals surface area (Å²) in [7, 11) is 0. The van der Waals surface area contributed by atoms with Crippen molar-refractivity contribution in [2.45, 2.75) is 26.7 Å². The van der Waals surface area contributed by atoms with E-state index in [2.05, 4.69) is 45.1 Å². The van der Waals surface area contributed by atoms with Crippen LogP contribution in [0.15, 0.2) is 10.7 Å². The Balaban J connectivity index is 2.97. The van der Waals surface area contributed by atoms with Crippen molar-refractivity contribution in [3.63, 3.8) is 0 Å². The van der Waals surface area contributed by atoms with Crippen LogP contribution in [0.5, 0.6) is 0 Å². The molecule has 0 aliphatic carbocycles. The van der Waals surface area contributed by atoms with Gasteiger partial charge >= 0.3 is 0 Å². The molecule has 13 heavy (non-hydrogen) atoms. The molecular formula is C9H14BrN3. The molecule has 0 atom stereocenters. The number of hydrogen-bond donors (Lipinski definition) is 1. The fourth-order valence-corrected chi connectivity index (χ4v) is 1.28. The molecule has 4 heteroatoms. The van der Waals surface area contributed by atoms with Gasteiger partial charge in [0.1, 0.15) is 11.6 Å². The lowest BCUT2D eigenvalue weighted by Crippen LogP contribution is -2.05. The minimum absolute atomic E-state index is 0.366. The van der Waals surface area contributed by atoms with Gasteiger partial charge in [0.05, 0.1) is 4.47 Å². The van der Waals surface area contributed by atoms with Crippen molar-refractivity contribution < 1.29 is 0 Å². The summed E-state index contributed by atoms with van der Waals surface area (Å²) in [6.07, 6.45) is 1.79. The summed E-state index contributed by atoms with van der Waals surface area (Å²) in [5, 5.41) is 3.17. The van der Waals surface area contributed by atoms with E-state index in [1.807, 2.05) is 6.92 Å². The summed E-state index contributed by atoms with van der Waals surface area (Å²) in [5.41, 5.74) is 0. The highest BCUT2D eigenvalue weighted by molar-refractivity contribution is 9.10. The van der Waals surface area contributed by atoms with E-state index in [4.69, 9.17) is 0 Å². The highest BCUT2D eigenvalue weighted by Gasteiger charge is 2.06. The zero-order valence-electron chi connectivity index (χ0n) is 8.13. The molecule has 0 saturated carbocycles. The summed E-state index contributed by atoms with van der Waals surface area (Å²) >= 11 is 3.39. The van der Waals surface area contributed by atoms with Crippen LogP contribution in [0, 0.1) is 0 Å². The van der Waals surface area contributed by atoms with Crippen LogP contribution in [0.25, 0.3) is 0 Å². The molecule has 1 N–H and O–H groups in total. The summed E-state index contributed by atoms with van der Waals surface area (Å²) in [6, 6.07) is 0. The van der Waals surface area contributed by atoms with Crippen LogP contribution in [0.4, 0.5) is 5.82 Å². The molecule has 1 rings (SSSR count). The van der Waals surface area contributed by atoms with Crippen LogP contribution >= 0.6 is 15.9 Å². The average Bonchev–Trinajstić information content (AvgIpc) is 2.08. The Hall–Kier alpha value is -0.640. The highest BCUT2D eigenvalue weighted by Crippen LogP contribution is 2.20. The molecule has 0 unspecified atom stereocenters. The molecule has 72 valence electrons. The van der Waals surface area contributed by atoms with Crippen molar-refractivity contribution >= 4 is 21.7 Å². The molecule has 0 fully saturated rings. The lowest BCUT2D eigenvalue weighted by atomic mass is 10.2. The number of nitrogens with zero attached hydrogens (tertiary/aromatic N) is 2. The molecule has 0 bridgehead atoms. The van der Waals surface area contributed by atoms with Crippen molar-refractivity contribution in [1.29, 1.82) is 0 Å². The maximum atomic E-state index is 4.39. The van der Waals surface area contributed by atoms with Crippen molar-refractivity contribution in [3.8, 4) is 0 Å². The molecule has 0 aliphatic heterocycles. The Morgan fingerprint density at radius 3 is 2.77 bits per heavy atom. The van der Waals surface area contributed by atoms with E-state index < -0.39 is 0 Å². The van der Waals surface area contributed by atoms with Gasteiger partial charge in [-0.2, -0.15) is 0 Å². The highest BCUT2D eigenvalue weighted by atomic mass is 79.9. The predicted molar refractivity (Wildman–Crippen MR) is 58.0 cm³/mol. The lowest BCUT2D eigenvalue weighted by molar-refractivity contribution is 0.773. The van der Waals surface area contributed by atoms with Crippen LogP contribution in [0.2, 0.25) is 0 Å². The second-order valence-corrected chi connectivity index (χ2v) is 3.96. The minimum Gasteiger partial charge on any atom is -0.369 e. The van der Waals surface area contributed by atoms with Gasteiger partial charge in [-0.1, -0.05) is 13.8 Å². The largest absolute Gasteiger partial charge is 0.369 e. The van der Waals surface area contributed by atoms with E-state index in [-0.39, 0.29) is 0 Å². The van der Waals surface area contributed by atoms with Gasteiger partial charge in [0.25, 0.3) is 0 Å². The Labute approximate surface area is 87.1 Å². The SMILES string of the molecule is CCNc1nc(C(C)C)ncc1Br. The maximum absolute atomic E-state index is 4.39. The second kappa shape index (κ2) is 4.56. The normalized spacial score (nSPS) is 10.5. The van der Waals surface area contributed by atoms with Gasteiger partial charge in [0.15, 0.2) is 0 Å². The van der Waals surface area contributed by atoms with Crippen LogP contribution in [-0.2, 0) is 0 Å². The number of rotatable bonds is 3. The van der Waals surface area contributed by atoms with Crippen LogP contribution in [0.1, 0.15) is 32.5 Å². The molecule has 0 aliphatic rings. The molecule has 1 heterocycles. The third-order valence-electron chi connectivity index (χ3n) is 1.62. The standard InChI is InChI=1S/C9H14BrN3/c1-4-11-9-7(10)5-12-8(13-9)6(2)3/h5-6H,4H2,1-3H3,(H,11,12,13). The number of nitrogens with one attached hydrogen (secondary N) is 1. The summed E-state index contributed by atoms with van der Waals surface area (Å²) in [5.74, 6) is 2.12. The van der Waals surface area contributed by atoms with Gasteiger partial charge in [-0.25, -0.2) is 9.97 Å². The number of hydrogen-bond acceptors (Lipinski definition) is 3. The van der Waals surface area contributed by atoms with Crippen molar-refractivity contribution in [3.05, 3.63) is 16.5 Å².